The predicted octanol–water partition coefficient (Wildman–Crippen LogP) is 5.62. The highest BCUT2D eigenvalue weighted by atomic mass is 16.2. The minimum Gasteiger partial charge on any atom is -0.344 e. The van der Waals surface area contributed by atoms with Crippen LogP contribution in [0.15, 0.2) is 73.3 Å². The molecule has 0 aliphatic heterocycles. The van der Waals surface area contributed by atoms with Gasteiger partial charge in [0.1, 0.15) is 17.2 Å². The van der Waals surface area contributed by atoms with Crippen molar-refractivity contribution in [2.45, 2.75) is 38.1 Å². The van der Waals surface area contributed by atoms with Crippen LogP contribution in [0.2, 0.25) is 0 Å². The molecular formula is C26H29N3O. The van der Waals surface area contributed by atoms with Gasteiger partial charge in [-0.2, -0.15) is 0 Å². The van der Waals surface area contributed by atoms with E-state index in [4.69, 9.17) is 4.98 Å². The Morgan fingerprint density at radius 3 is 2.23 bits per heavy atom. The summed E-state index contributed by atoms with van der Waals surface area (Å²) < 4.78 is 1.91. The van der Waals surface area contributed by atoms with Crippen LogP contribution in [0.4, 0.5) is 0 Å². The molecule has 0 saturated heterocycles. The fourth-order valence-electron chi connectivity index (χ4n) is 4.48. The highest BCUT2D eigenvalue weighted by molar-refractivity contribution is 5.99. The van der Waals surface area contributed by atoms with Crippen molar-refractivity contribution >= 4 is 5.91 Å². The highest BCUT2D eigenvalue weighted by Gasteiger charge is 2.27. The second-order valence-electron chi connectivity index (χ2n) is 8.06. The fourth-order valence-corrected chi connectivity index (χ4v) is 4.48. The van der Waals surface area contributed by atoms with Crippen molar-refractivity contribution in [3.05, 3.63) is 79.0 Å². The second-order valence-corrected chi connectivity index (χ2v) is 8.06. The first kappa shape index (κ1) is 20.1. The molecule has 1 aliphatic carbocycles. The van der Waals surface area contributed by atoms with Crippen molar-refractivity contribution in [3.8, 4) is 22.6 Å². The van der Waals surface area contributed by atoms with Crippen molar-refractivity contribution in [1.29, 1.82) is 0 Å². The number of nitrogens with one attached hydrogen (secondary N) is 1. The standard InChI is InChI=1S/C26H29N3O/c1-3-22(19-13-7-4-8-14-19)27-26(30)24-23(20-15-9-5-10-16-20)28-25(29(24)2)21-17-11-6-12-18-21/h3,5-6,9-12,15-19,22H,1,4,7-8,13-14H2,2H3,(H,27,30). The van der Waals surface area contributed by atoms with E-state index in [1.54, 1.807) is 0 Å². The van der Waals surface area contributed by atoms with E-state index in [-0.39, 0.29) is 11.9 Å². The molecule has 30 heavy (non-hydrogen) atoms. The Kier molecular flexibility index (Phi) is 6.12. The zero-order valence-electron chi connectivity index (χ0n) is 17.6. The average Bonchev–Trinajstić information content (AvgIpc) is 3.16. The van der Waals surface area contributed by atoms with Gasteiger partial charge in [0.15, 0.2) is 0 Å². The van der Waals surface area contributed by atoms with Crippen LogP contribution in [0.1, 0.15) is 42.6 Å². The van der Waals surface area contributed by atoms with Crippen LogP contribution in [0.25, 0.3) is 22.6 Å². The van der Waals surface area contributed by atoms with Crippen LogP contribution in [0.5, 0.6) is 0 Å². The van der Waals surface area contributed by atoms with Gasteiger partial charge in [-0.3, -0.25) is 4.79 Å². The van der Waals surface area contributed by atoms with Gasteiger partial charge in [-0.25, -0.2) is 4.98 Å². The first-order valence-corrected chi connectivity index (χ1v) is 10.8. The van der Waals surface area contributed by atoms with Crippen LogP contribution in [0, 0.1) is 5.92 Å². The largest absolute Gasteiger partial charge is 0.344 e. The number of rotatable bonds is 6. The van der Waals surface area contributed by atoms with Gasteiger partial charge in [0, 0.05) is 18.2 Å². The van der Waals surface area contributed by atoms with Crippen LogP contribution < -0.4 is 5.32 Å². The van der Waals surface area contributed by atoms with Gasteiger partial charge >= 0.3 is 0 Å². The number of carbonyl (C=O) groups excluding carboxylic acids is 1. The molecule has 2 aromatic carbocycles. The number of hydrogen-bond donors (Lipinski definition) is 1. The zero-order chi connectivity index (χ0) is 20.9. The molecule has 4 rings (SSSR count). The summed E-state index contributed by atoms with van der Waals surface area (Å²) in [5.74, 6) is 1.15. The molecule has 1 atom stereocenters. The molecule has 0 bridgehead atoms. The van der Waals surface area contributed by atoms with E-state index in [0.29, 0.717) is 17.3 Å². The van der Waals surface area contributed by atoms with Crippen molar-refractivity contribution in [2.75, 3.05) is 0 Å². The van der Waals surface area contributed by atoms with E-state index >= 15 is 0 Å². The lowest BCUT2D eigenvalue weighted by atomic mass is 9.84. The molecule has 1 N–H and O–H groups in total. The topological polar surface area (TPSA) is 46.9 Å². The van der Waals surface area contributed by atoms with E-state index < -0.39 is 0 Å². The van der Waals surface area contributed by atoms with E-state index in [0.717, 1.165) is 29.8 Å². The van der Waals surface area contributed by atoms with Crippen LogP contribution in [0.3, 0.4) is 0 Å². The summed E-state index contributed by atoms with van der Waals surface area (Å²) >= 11 is 0. The van der Waals surface area contributed by atoms with Gasteiger partial charge in [-0.1, -0.05) is 86.0 Å². The molecule has 3 aromatic rings. The summed E-state index contributed by atoms with van der Waals surface area (Å²) in [6.45, 7) is 4.00. The molecule has 1 aromatic heterocycles. The SMILES string of the molecule is C=CC(NC(=O)c1c(-c2ccccc2)nc(-c2ccccc2)n1C)C1CCCCC1. The quantitative estimate of drug-likeness (QED) is 0.547. The Labute approximate surface area is 178 Å². The normalized spacial score (nSPS) is 15.5. The van der Waals surface area contributed by atoms with Gasteiger partial charge in [0.25, 0.3) is 5.91 Å². The summed E-state index contributed by atoms with van der Waals surface area (Å²) in [6.07, 6.45) is 7.92. The maximum atomic E-state index is 13.5. The smallest absolute Gasteiger partial charge is 0.270 e. The lowest BCUT2D eigenvalue weighted by molar-refractivity contribution is 0.0920. The van der Waals surface area contributed by atoms with Gasteiger partial charge in [-0.15, -0.1) is 6.58 Å². The number of amides is 1. The van der Waals surface area contributed by atoms with E-state index in [2.05, 4.69) is 11.9 Å². The first-order valence-electron chi connectivity index (χ1n) is 10.8. The maximum absolute atomic E-state index is 13.5. The van der Waals surface area contributed by atoms with Crippen molar-refractivity contribution in [3.63, 3.8) is 0 Å². The maximum Gasteiger partial charge on any atom is 0.270 e. The van der Waals surface area contributed by atoms with E-state index in [1.807, 2.05) is 78.4 Å². The molecule has 1 unspecified atom stereocenters. The van der Waals surface area contributed by atoms with Gasteiger partial charge < -0.3 is 9.88 Å². The van der Waals surface area contributed by atoms with Gasteiger partial charge in [-0.05, 0) is 18.8 Å². The fraction of sp³-hybridized carbons (Fsp3) is 0.308. The summed E-state index contributed by atoms with van der Waals surface area (Å²) in [5.41, 5.74) is 3.22. The van der Waals surface area contributed by atoms with Crippen molar-refractivity contribution < 1.29 is 4.79 Å². The number of benzene rings is 2. The summed E-state index contributed by atoms with van der Waals surface area (Å²) in [7, 11) is 1.92. The van der Waals surface area contributed by atoms with Crippen LogP contribution >= 0.6 is 0 Å². The third-order valence-electron chi connectivity index (χ3n) is 6.10. The predicted molar refractivity (Wildman–Crippen MR) is 122 cm³/mol. The summed E-state index contributed by atoms with van der Waals surface area (Å²) in [5, 5.41) is 3.25. The molecule has 4 heteroatoms. The number of hydrogen-bond acceptors (Lipinski definition) is 2. The molecule has 1 aliphatic rings. The van der Waals surface area contributed by atoms with Crippen LogP contribution in [-0.2, 0) is 7.05 Å². The zero-order valence-corrected chi connectivity index (χ0v) is 17.6. The Morgan fingerprint density at radius 1 is 1.03 bits per heavy atom. The minimum atomic E-state index is -0.0958. The highest BCUT2D eigenvalue weighted by Crippen LogP contribution is 2.30. The Morgan fingerprint density at radius 2 is 1.63 bits per heavy atom. The Bertz CT molecular complexity index is 1000. The van der Waals surface area contributed by atoms with E-state index in [9.17, 15) is 4.79 Å². The monoisotopic (exact) mass is 399 g/mol. The summed E-state index contributed by atoms with van der Waals surface area (Å²) in [4.78, 5) is 18.4. The average molecular weight is 400 g/mol. The van der Waals surface area contributed by atoms with Crippen LogP contribution in [-0.4, -0.2) is 21.5 Å². The molecule has 1 saturated carbocycles. The molecular weight excluding hydrogens is 370 g/mol. The third kappa shape index (κ3) is 4.09. The molecule has 1 amide bonds. The third-order valence-corrected chi connectivity index (χ3v) is 6.10. The lowest BCUT2D eigenvalue weighted by Crippen LogP contribution is -2.40. The molecule has 0 radical (unpaired) electrons. The Hall–Kier alpha value is -3.14. The number of nitrogens with zero attached hydrogens (tertiary/aromatic N) is 2. The molecule has 0 spiro atoms. The minimum absolute atomic E-state index is 0.0171. The van der Waals surface area contributed by atoms with Crippen molar-refractivity contribution in [1.82, 2.24) is 14.9 Å². The lowest BCUT2D eigenvalue weighted by Gasteiger charge is -2.29. The molecule has 4 nitrogen and oxygen atoms in total. The molecule has 1 fully saturated rings. The van der Waals surface area contributed by atoms with Gasteiger partial charge in [0.05, 0.1) is 6.04 Å². The first-order chi connectivity index (χ1) is 14.7. The Balaban J connectivity index is 1.72. The molecule has 1 heterocycles. The van der Waals surface area contributed by atoms with E-state index in [1.165, 1.54) is 19.3 Å². The van der Waals surface area contributed by atoms with Gasteiger partial charge in [0.2, 0.25) is 0 Å². The number of aromatic nitrogens is 2. The number of imidazole rings is 1. The van der Waals surface area contributed by atoms with Crippen molar-refractivity contribution in [2.24, 2.45) is 13.0 Å². The number of carbonyl (C=O) groups is 1. The summed E-state index contributed by atoms with van der Waals surface area (Å²) in [6, 6.07) is 19.9. The molecule has 154 valence electrons. The second kappa shape index (κ2) is 9.12.